The molecule has 3 aromatic rings. The molecule has 1 heterocycles. The average molecular weight is 491 g/mol. The minimum atomic E-state index is -3.57. The van der Waals surface area contributed by atoms with Crippen LogP contribution in [0.4, 0.5) is 5.69 Å². The molecule has 1 amide bonds. The Morgan fingerprint density at radius 3 is 2.52 bits per heavy atom. The molecule has 0 saturated carbocycles. The molecule has 0 fully saturated rings. The predicted molar refractivity (Wildman–Crippen MR) is 133 cm³/mol. The molecule has 178 valence electrons. The van der Waals surface area contributed by atoms with Gasteiger partial charge in [-0.3, -0.25) is 4.79 Å². The number of sulfonamides is 1. The van der Waals surface area contributed by atoms with Gasteiger partial charge in [0.2, 0.25) is 15.9 Å². The third-order valence-corrected chi connectivity index (χ3v) is 8.33. The summed E-state index contributed by atoms with van der Waals surface area (Å²) in [5, 5.41) is 3.55. The lowest BCUT2D eigenvalue weighted by molar-refractivity contribution is -0.113. The first-order valence-electron chi connectivity index (χ1n) is 10.8. The van der Waals surface area contributed by atoms with E-state index in [4.69, 9.17) is 4.74 Å². The van der Waals surface area contributed by atoms with Crippen LogP contribution in [0, 0.1) is 6.92 Å². The molecule has 1 N–H and O–H groups in total. The Kier molecular flexibility index (Phi) is 8.04. The number of imidazole rings is 1. The molecule has 0 aliphatic heterocycles. The quantitative estimate of drug-likeness (QED) is 0.430. The van der Waals surface area contributed by atoms with Crippen LogP contribution < -0.4 is 10.1 Å². The van der Waals surface area contributed by atoms with Crippen molar-refractivity contribution in [2.24, 2.45) is 0 Å². The SMILES string of the molecule is CCN(CC)S(=O)(=O)c1ccc2c(c1)nc(SCC(=O)Nc1cc(C)ccc1OC)n2CC. The number of benzene rings is 2. The topological polar surface area (TPSA) is 93.5 Å². The highest BCUT2D eigenvalue weighted by Crippen LogP contribution is 2.29. The summed E-state index contributed by atoms with van der Waals surface area (Å²) in [7, 11) is -2.01. The summed E-state index contributed by atoms with van der Waals surface area (Å²) in [4.78, 5) is 17.5. The maximum atomic E-state index is 12.9. The molecule has 0 unspecified atom stereocenters. The number of rotatable bonds is 10. The molecule has 0 aliphatic carbocycles. The number of hydrogen-bond acceptors (Lipinski definition) is 6. The summed E-state index contributed by atoms with van der Waals surface area (Å²) in [6, 6.07) is 10.6. The van der Waals surface area contributed by atoms with Gasteiger partial charge in [-0.1, -0.05) is 31.7 Å². The maximum absolute atomic E-state index is 12.9. The fraction of sp³-hybridized carbons (Fsp3) is 0.391. The van der Waals surface area contributed by atoms with Gasteiger partial charge in [0.25, 0.3) is 0 Å². The largest absolute Gasteiger partial charge is 0.495 e. The molecular weight excluding hydrogens is 460 g/mol. The van der Waals surface area contributed by atoms with Crippen molar-refractivity contribution >= 4 is 44.4 Å². The Bertz CT molecular complexity index is 1250. The molecule has 10 heteroatoms. The second-order valence-electron chi connectivity index (χ2n) is 7.42. The fourth-order valence-corrected chi connectivity index (χ4v) is 5.97. The summed E-state index contributed by atoms with van der Waals surface area (Å²) in [5.41, 5.74) is 3.06. The summed E-state index contributed by atoms with van der Waals surface area (Å²) in [6.45, 7) is 9.03. The number of fused-ring (bicyclic) bond motifs is 1. The number of aromatic nitrogens is 2. The zero-order chi connectivity index (χ0) is 24.2. The number of hydrogen-bond donors (Lipinski definition) is 1. The van der Waals surface area contributed by atoms with Gasteiger partial charge in [0, 0.05) is 19.6 Å². The first-order chi connectivity index (χ1) is 15.7. The van der Waals surface area contributed by atoms with Crippen LogP contribution in [0.25, 0.3) is 11.0 Å². The highest BCUT2D eigenvalue weighted by atomic mass is 32.2. The first-order valence-corrected chi connectivity index (χ1v) is 13.2. The predicted octanol–water partition coefficient (Wildman–Crippen LogP) is 4.13. The Hall–Kier alpha value is -2.56. The first kappa shape index (κ1) is 25.1. The summed E-state index contributed by atoms with van der Waals surface area (Å²) < 4.78 is 34.5. The summed E-state index contributed by atoms with van der Waals surface area (Å²) >= 11 is 1.31. The van der Waals surface area contributed by atoms with E-state index in [2.05, 4.69) is 10.3 Å². The minimum absolute atomic E-state index is 0.158. The maximum Gasteiger partial charge on any atom is 0.243 e. The Morgan fingerprint density at radius 2 is 1.88 bits per heavy atom. The number of aryl methyl sites for hydroxylation is 2. The van der Waals surface area contributed by atoms with Crippen molar-refractivity contribution in [3.8, 4) is 5.75 Å². The highest BCUT2D eigenvalue weighted by Gasteiger charge is 2.23. The van der Waals surface area contributed by atoms with Crippen LogP contribution in [0.2, 0.25) is 0 Å². The van der Waals surface area contributed by atoms with Gasteiger partial charge in [-0.2, -0.15) is 4.31 Å². The zero-order valence-electron chi connectivity index (χ0n) is 19.6. The van der Waals surface area contributed by atoms with Crippen molar-refractivity contribution in [2.45, 2.75) is 44.3 Å². The zero-order valence-corrected chi connectivity index (χ0v) is 21.2. The van der Waals surface area contributed by atoms with E-state index in [-0.39, 0.29) is 16.6 Å². The third kappa shape index (κ3) is 5.34. The van der Waals surface area contributed by atoms with Crippen molar-refractivity contribution in [1.29, 1.82) is 0 Å². The van der Waals surface area contributed by atoms with Crippen molar-refractivity contribution in [1.82, 2.24) is 13.9 Å². The van der Waals surface area contributed by atoms with Gasteiger partial charge in [-0.25, -0.2) is 13.4 Å². The molecule has 0 saturated heterocycles. The number of methoxy groups -OCH3 is 1. The van der Waals surface area contributed by atoms with E-state index in [1.165, 1.54) is 16.1 Å². The summed E-state index contributed by atoms with van der Waals surface area (Å²) in [6.07, 6.45) is 0. The number of nitrogens with one attached hydrogen (secondary N) is 1. The number of thioether (sulfide) groups is 1. The smallest absolute Gasteiger partial charge is 0.243 e. The van der Waals surface area contributed by atoms with Crippen LogP contribution in [-0.4, -0.2) is 54.1 Å². The van der Waals surface area contributed by atoms with Crippen LogP contribution in [0.3, 0.4) is 0 Å². The second kappa shape index (κ2) is 10.6. The average Bonchev–Trinajstić information content (AvgIpc) is 3.15. The molecule has 33 heavy (non-hydrogen) atoms. The molecule has 0 aliphatic rings. The van der Waals surface area contributed by atoms with Gasteiger partial charge in [0.05, 0.1) is 34.5 Å². The van der Waals surface area contributed by atoms with Crippen molar-refractivity contribution in [3.05, 3.63) is 42.0 Å². The van der Waals surface area contributed by atoms with E-state index in [0.29, 0.717) is 41.7 Å². The second-order valence-corrected chi connectivity index (χ2v) is 10.3. The van der Waals surface area contributed by atoms with Gasteiger partial charge in [0.15, 0.2) is 5.16 Å². The van der Waals surface area contributed by atoms with E-state index >= 15 is 0 Å². The lowest BCUT2D eigenvalue weighted by Gasteiger charge is -2.18. The molecule has 3 rings (SSSR count). The minimum Gasteiger partial charge on any atom is -0.495 e. The van der Waals surface area contributed by atoms with Gasteiger partial charge < -0.3 is 14.6 Å². The molecule has 8 nitrogen and oxygen atoms in total. The molecular formula is C23H30N4O4S2. The van der Waals surface area contributed by atoms with Crippen LogP contribution in [-0.2, 0) is 21.4 Å². The summed E-state index contributed by atoms with van der Waals surface area (Å²) in [5.74, 6) is 0.579. The lowest BCUT2D eigenvalue weighted by Crippen LogP contribution is -2.30. The molecule has 0 radical (unpaired) electrons. The van der Waals surface area contributed by atoms with Crippen LogP contribution in [0.1, 0.15) is 26.3 Å². The monoisotopic (exact) mass is 490 g/mol. The number of ether oxygens (including phenoxy) is 1. The van der Waals surface area contributed by atoms with Crippen molar-refractivity contribution in [2.75, 3.05) is 31.3 Å². The van der Waals surface area contributed by atoms with Gasteiger partial charge in [-0.05, 0) is 49.7 Å². The van der Waals surface area contributed by atoms with E-state index < -0.39 is 10.0 Å². The Labute approximate surface area is 199 Å². The number of carbonyl (C=O) groups is 1. The van der Waals surface area contributed by atoms with E-state index in [0.717, 1.165) is 11.1 Å². The number of carbonyl (C=O) groups excluding carboxylic acids is 1. The molecule has 1 aromatic heterocycles. The standard InChI is InChI=1S/C23H30N4O4S2/c1-6-26(7-2)33(29,30)17-10-11-20-18(14-17)25-23(27(20)8-3)32-15-22(28)24-19-13-16(4)9-12-21(19)31-5/h9-14H,6-8,15H2,1-5H3,(H,24,28). The Morgan fingerprint density at radius 1 is 1.15 bits per heavy atom. The van der Waals surface area contributed by atoms with Crippen molar-refractivity contribution in [3.63, 3.8) is 0 Å². The Balaban J connectivity index is 1.82. The molecule has 2 aromatic carbocycles. The number of nitrogens with zero attached hydrogens (tertiary/aromatic N) is 3. The number of amides is 1. The van der Waals surface area contributed by atoms with Gasteiger partial charge >= 0.3 is 0 Å². The molecule has 0 spiro atoms. The van der Waals surface area contributed by atoms with E-state index in [1.54, 1.807) is 25.3 Å². The van der Waals surface area contributed by atoms with E-state index in [9.17, 15) is 13.2 Å². The van der Waals surface area contributed by atoms with Crippen LogP contribution in [0.5, 0.6) is 5.75 Å². The molecule has 0 bridgehead atoms. The normalized spacial score (nSPS) is 11.8. The highest BCUT2D eigenvalue weighted by molar-refractivity contribution is 7.99. The molecule has 0 atom stereocenters. The van der Waals surface area contributed by atoms with Crippen LogP contribution in [0.15, 0.2) is 46.5 Å². The van der Waals surface area contributed by atoms with Crippen molar-refractivity contribution < 1.29 is 17.9 Å². The fourth-order valence-electron chi connectivity index (χ4n) is 3.61. The van der Waals surface area contributed by atoms with Crippen LogP contribution >= 0.6 is 11.8 Å². The van der Waals surface area contributed by atoms with Gasteiger partial charge in [0.1, 0.15) is 5.75 Å². The lowest BCUT2D eigenvalue weighted by atomic mass is 10.2. The van der Waals surface area contributed by atoms with Gasteiger partial charge in [-0.15, -0.1) is 0 Å². The van der Waals surface area contributed by atoms with E-state index in [1.807, 2.05) is 50.5 Å². The number of anilines is 1. The third-order valence-electron chi connectivity index (χ3n) is 5.31.